The summed E-state index contributed by atoms with van der Waals surface area (Å²) in [4.78, 5) is 12.3. The third-order valence-corrected chi connectivity index (χ3v) is 4.32. The van der Waals surface area contributed by atoms with Crippen LogP contribution in [0.5, 0.6) is 5.75 Å². The Hall–Kier alpha value is -3.19. The lowest BCUT2D eigenvalue weighted by molar-refractivity contribution is 0.415. The second kappa shape index (κ2) is 7.59. The Kier molecular flexibility index (Phi) is 4.84. The van der Waals surface area contributed by atoms with E-state index in [1.54, 1.807) is 13.3 Å². The van der Waals surface area contributed by atoms with Gasteiger partial charge in [-0.3, -0.25) is 0 Å². The first kappa shape index (κ1) is 17.2. The van der Waals surface area contributed by atoms with Crippen molar-refractivity contribution in [3.63, 3.8) is 0 Å². The third-order valence-electron chi connectivity index (χ3n) is 4.08. The Bertz CT molecular complexity index is 1060. The minimum Gasteiger partial charge on any atom is -0.497 e. The van der Waals surface area contributed by atoms with Gasteiger partial charge < -0.3 is 15.0 Å². The van der Waals surface area contributed by atoms with Crippen molar-refractivity contribution < 1.29 is 4.74 Å². The maximum Gasteiger partial charge on any atom is 0.243 e. The number of aromatic amines is 1. The molecule has 0 amide bonds. The highest BCUT2D eigenvalue weighted by atomic mass is 35.5. The molecule has 0 saturated heterocycles. The van der Waals surface area contributed by atoms with E-state index in [0.717, 1.165) is 33.9 Å². The van der Waals surface area contributed by atoms with Crippen LogP contribution in [0.25, 0.3) is 22.3 Å². The van der Waals surface area contributed by atoms with Crippen molar-refractivity contribution in [2.75, 3.05) is 19.0 Å². The average molecular weight is 381 g/mol. The molecule has 27 heavy (non-hydrogen) atoms. The number of nitrogens with zero attached hydrogens (tertiary/aromatic N) is 4. The van der Waals surface area contributed by atoms with Crippen LogP contribution in [0.3, 0.4) is 0 Å². The number of halogens is 1. The number of aromatic nitrogens is 5. The fourth-order valence-electron chi connectivity index (χ4n) is 2.73. The molecule has 0 radical (unpaired) electrons. The van der Waals surface area contributed by atoms with Crippen LogP contribution < -0.4 is 10.1 Å². The van der Waals surface area contributed by atoms with E-state index >= 15 is 0 Å². The van der Waals surface area contributed by atoms with Crippen LogP contribution in [-0.4, -0.2) is 38.8 Å². The van der Waals surface area contributed by atoms with Gasteiger partial charge in [-0.05, 0) is 42.5 Å². The number of hydrogen-bond donors (Lipinski definition) is 2. The second-order valence-electron chi connectivity index (χ2n) is 5.92. The van der Waals surface area contributed by atoms with Crippen LogP contribution in [0.15, 0.2) is 48.7 Å². The van der Waals surface area contributed by atoms with Gasteiger partial charge in [0.1, 0.15) is 11.6 Å². The predicted molar refractivity (Wildman–Crippen MR) is 105 cm³/mol. The zero-order chi connectivity index (χ0) is 18.6. The molecule has 0 atom stereocenters. The maximum absolute atomic E-state index is 6.00. The monoisotopic (exact) mass is 380 g/mol. The van der Waals surface area contributed by atoms with E-state index in [4.69, 9.17) is 16.3 Å². The van der Waals surface area contributed by atoms with Gasteiger partial charge in [0.05, 0.1) is 30.0 Å². The fourth-order valence-corrected chi connectivity index (χ4v) is 2.90. The molecule has 7 nitrogen and oxygen atoms in total. The quantitative estimate of drug-likeness (QED) is 0.529. The molecular formula is C19H17ClN6O. The summed E-state index contributed by atoms with van der Waals surface area (Å²) in [5.41, 5.74) is 3.52. The molecule has 0 fully saturated rings. The molecule has 2 heterocycles. The highest BCUT2D eigenvalue weighted by molar-refractivity contribution is 6.31. The molecule has 2 N–H and O–H groups in total. The van der Waals surface area contributed by atoms with Crippen molar-refractivity contribution in [3.05, 3.63) is 59.5 Å². The number of ether oxygens (including phenoxy) is 1. The molecule has 8 heteroatoms. The van der Waals surface area contributed by atoms with E-state index < -0.39 is 0 Å². The minimum absolute atomic E-state index is 0.475. The van der Waals surface area contributed by atoms with Crippen LogP contribution in [0.2, 0.25) is 5.02 Å². The van der Waals surface area contributed by atoms with Gasteiger partial charge in [-0.2, -0.15) is 5.10 Å². The van der Waals surface area contributed by atoms with Crippen LogP contribution >= 0.6 is 11.6 Å². The van der Waals surface area contributed by atoms with E-state index in [2.05, 4.69) is 30.5 Å². The highest BCUT2D eigenvalue weighted by Crippen LogP contribution is 2.20. The summed E-state index contributed by atoms with van der Waals surface area (Å²) >= 11 is 6.00. The molecular weight excluding hydrogens is 364 g/mol. The van der Waals surface area contributed by atoms with Crippen LogP contribution in [-0.2, 0) is 6.42 Å². The first-order valence-electron chi connectivity index (χ1n) is 8.43. The van der Waals surface area contributed by atoms with E-state index in [0.29, 0.717) is 23.9 Å². The summed E-state index contributed by atoms with van der Waals surface area (Å²) in [7, 11) is 1.64. The van der Waals surface area contributed by atoms with Gasteiger partial charge in [0, 0.05) is 23.6 Å². The standard InChI is InChI=1S/C19H17ClN6O/c1-27-14-5-2-12(3-6-14)17-11-22-26-19(25-17)21-9-8-18-23-15-7-4-13(20)10-16(15)24-18/h2-7,10-11H,8-9H2,1H3,(H,23,24)(H,21,25,26). The highest BCUT2D eigenvalue weighted by Gasteiger charge is 2.06. The van der Waals surface area contributed by atoms with Crippen molar-refractivity contribution in [3.8, 4) is 17.0 Å². The van der Waals surface area contributed by atoms with Gasteiger partial charge in [0.15, 0.2) is 0 Å². The van der Waals surface area contributed by atoms with Gasteiger partial charge in [-0.1, -0.05) is 11.6 Å². The summed E-state index contributed by atoms with van der Waals surface area (Å²) < 4.78 is 5.18. The SMILES string of the molecule is COc1ccc(-c2cnnc(NCCc3nc4ccc(Cl)cc4[nH]3)n2)cc1. The van der Waals surface area contributed by atoms with Gasteiger partial charge in [0.25, 0.3) is 0 Å². The number of imidazole rings is 1. The predicted octanol–water partition coefficient (Wildman–Crippen LogP) is 3.73. The molecule has 0 saturated carbocycles. The molecule has 4 rings (SSSR count). The zero-order valence-corrected chi connectivity index (χ0v) is 15.4. The van der Waals surface area contributed by atoms with Crippen molar-refractivity contribution in [1.82, 2.24) is 25.1 Å². The summed E-state index contributed by atoms with van der Waals surface area (Å²) in [5, 5.41) is 11.9. The normalized spacial score (nSPS) is 10.9. The number of anilines is 1. The topological polar surface area (TPSA) is 88.6 Å². The van der Waals surface area contributed by atoms with E-state index in [1.807, 2.05) is 42.5 Å². The molecule has 4 aromatic rings. The fraction of sp³-hybridized carbons (Fsp3) is 0.158. The smallest absolute Gasteiger partial charge is 0.243 e. The summed E-state index contributed by atoms with van der Waals surface area (Å²) in [6, 6.07) is 13.2. The number of fused-ring (bicyclic) bond motifs is 1. The number of rotatable bonds is 6. The summed E-state index contributed by atoms with van der Waals surface area (Å²) in [5.74, 6) is 2.15. The Morgan fingerprint density at radius 3 is 2.78 bits per heavy atom. The molecule has 0 aliphatic carbocycles. The van der Waals surface area contributed by atoms with Crippen molar-refractivity contribution >= 4 is 28.6 Å². The van der Waals surface area contributed by atoms with Crippen LogP contribution in [0, 0.1) is 0 Å². The average Bonchev–Trinajstić information content (AvgIpc) is 3.10. The second-order valence-corrected chi connectivity index (χ2v) is 6.35. The molecule has 0 bridgehead atoms. The molecule has 0 aliphatic heterocycles. The Morgan fingerprint density at radius 2 is 1.96 bits per heavy atom. The van der Waals surface area contributed by atoms with Crippen molar-refractivity contribution in [2.45, 2.75) is 6.42 Å². The van der Waals surface area contributed by atoms with Gasteiger partial charge in [0.2, 0.25) is 5.95 Å². The number of hydrogen-bond acceptors (Lipinski definition) is 6. The van der Waals surface area contributed by atoms with Crippen molar-refractivity contribution in [1.29, 1.82) is 0 Å². The molecule has 2 aromatic heterocycles. The molecule has 136 valence electrons. The van der Waals surface area contributed by atoms with Crippen LogP contribution in [0.1, 0.15) is 5.82 Å². The Labute approximate surface area is 160 Å². The molecule has 0 aliphatic rings. The molecule has 2 aromatic carbocycles. The largest absolute Gasteiger partial charge is 0.497 e. The lowest BCUT2D eigenvalue weighted by Gasteiger charge is -2.06. The van der Waals surface area contributed by atoms with Gasteiger partial charge in [-0.25, -0.2) is 9.97 Å². The zero-order valence-electron chi connectivity index (χ0n) is 14.6. The lowest BCUT2D eigenvalue weighted by Crippen LogP contribution is -2.09. The first-order chi connectivity index (χ1) is 13.2. The Morgan fingerprint density at radius 1 is 1.11 bits per heavy atom. The number of nitrogens with one attached hydrogen (secondary N) is 2. The summed E-state index contributed by atoms with van der Waals surface area (Å²) in [6.45, 7) is 0.626. The van der Waals surface area contributed by atoms with E-state index in [1.165, 1.54) is 0 Å². The lowest BCUT2D eigenvalue weighted by atomic mass is 10.1. The van der Waals surface area contributed by atoms with Crippen LogP contribution in [0.4, 0.5) is 5.95 Å². The molecule has 0 unspecified atom stereocenters. The maximum atomic E-state index is 6.00. The van der Waals surface area contributed by atoms with E-state index in [-0.39, 0.29) is 0 Å². The van der Waals surface area contributed by atoms with E-state index in [9.17, 15) is 0 Å². The third kappa shape index (κ3) is 3.98. The Balaban J connectivity index is 1.41. The number of benzene rings is 2. The number of methoxy groups -OCH3 is 1. The summed E-state index contributed by atoms with van der Waals surface area (Å²) in [6.07, 6.45) is 2.33. The first-order valence-corrected chi connectivity index (χ1v) is 8.81. The van der Waals surface area contributed by atoms with Gasteiger partial charge in [-0.15, -0.1) is 5.10 Å². The minimum atomic E-state index is 0.475. The van der Waals surface area contributed by atoms with Crippen molar-refractivity contribution in [2.24, 2.45) is 0 Å². The van der Waals surface area contributed by atoms with Gasteiger partial charge >= 0.3 is 0 Å². The number of H-pyrrole nitrogens is 1. The molecule has 0 spiro atoms.